The predicted molar refractivity (Wildman–Crippen MR) is 93.7 cm³/mol. The summed E-state index contributed by atoms with van der Waals surface area (Å²) in [7, 11) is 0. The van der Waals surface area contributed by atoms with Crippen LogP contribution in [0.4, 0.5) is 0 Å². The number of nitrogens with zero attached hydrogens (tertiary/aromatic N) is 2. The molecule has 0 unspecified atom stereocenters. The highest BCUT2D eigenvalue weighted by Gasteiger charge is 2.30. The van der Waals surface area contributed by atoms with E-state index in [1.54, 1.807) is 29.9 Å². The van der Waals surface area contributed by atoms with E-state index in [-0.39, 0.29) is 12.5 Å². The van der Waals surface area contributed by atoms with Crippen molar-refractivity contribution in [3.63, 3.8) is 0 Å². The zero-order valence-corrected chi connectivity index (χ0v) is 14.5. The van der Waals surface area contributed by atoms with E-state index in [9.17, 15) is 9.90 Å². The third-order valence-electron chi connectivity index (χ3n) is 4.60. The van der Waals surface area contributed by atoms with Gasteiger partial charge in [0.25, 0.3) is 5.91 Å². The lowest BCUT2D eigenvalue weighted by Crippen LogP contribution is -2.44. The summed E-state index contributed by atoms with van der Waals surface area (Å²) in [6.07, 6.45) is 6.38. The van der Waals surface area contributed by atoms with Crippen LogP contribution >= 0.6 is 11.6 Å². The Labute approximate surface area is 146 Å². The molecule has 1 aromatic heterocycles. The molecule has 2 aromatic rings. The quantitative estimate of drug-likeness (QED) is 0.892. The van der Waals surface area contributed by atoms with Crippen LogP contribution in [0.1, 0.15) is 48.2 Å². The van der Waals surface area contributed by atoms with Crippen LogP contribution in [-0.2, 0) is 0 Å². The molecule has 1 amide bonds. The fourth-order valence-corrected chi connectivity index (χ4v) is 3.26. The van der Waals surface area contributed by atoms with Gasteiger partial charge in [0, 0.05) is 17.8 Å². The van der Waals surface area contributed by atoms with E-state index in [1.165, 1.54) is 0 Å². The molecule has 1 aliphatic rings. The number of aryl methyl sites for hydroxylation is 1. The molecule has 1 aliphatic carbocycles. The van der Waals surface area contributed by atoms with Crippen LogP contribution in [-0.4, -0.2) is 32.9 Å². The topological polar surface area (TPSA) is 67.2 Å². The third-order valence-corrected chi connectivity index (χ3v) is 4.85. The number of hydrogen-bond acceptors (Lipinski definition) is 3. The Morgan fingerprint density at radius 2 is 1.96 bits per heavy atom. The van der Waals surface area contributed by atoms with Gasteiger partial charge in [0.15, 0.2) is 0 Å². The molecule has 1 aromatic carbocycles. The van der Waals surface area contributed by atoms with Gasteiger partial charge >= 0.3 is 0 Å². The molecule has 3 rings (SSSR count). The third kappa shape index (κ3) is 3.79. The number of amides is 1. The van der Waals surface area contributed by atoms with Crippen LogP contribution in [0.15, 0.2) is 30.5 Å². The number of nitrogens with one attached hydrogen (secondary N) is 1. The molecule has 6 heteroatoms. The van der Waals surface area contributed by atoms with E-state index in [0.29, 0.717) is 16.3 Å². The van der Waals surface area contributed by atoms with Gasteiger partial charge < -0.3 is 10.4 Å². The minimum absolute atomic E-state index is 0.202. The summed E-state index contributed by atoms with van der Waals surface area (Å²) in [5, 5.41) is 18.4. The van der Waals surface area contributed by atoms with Gasteiger partial charge in [-0.2, -0.15) is 5.10 Å². The van der Waals surface area contributed by atoms with E-state index in [0.717, 1.165) is 37.8 Å². The number of aromatic nitrogens is 2. The molecular formula is C18H22ClN3O2. The number of benzene rings is 1. The van der Waals surface area contributed by atoms with Crippen molar-refractivity contribution in [1.82, 2.24) is 15.1 Å². The van der Waals surface area contributed by atoms with Gasteiger partial charge in [-0.05, 0) is 44.0 Å². The molecule has 1 heterocycles. The number of halogens is 1. The maximum absolute atomic E-state index is 12.5. The highest BCUT2D eigenvalue weighted by atomic mass is 35.5. The smallest absolute Gasteiger partial charge is 0.254 e. The summed E-state index contributed by atoms with van der Waals surface area (Å²) < 4.78 is 1.66. The Morgan fingerprint density at radius 1 is 1.29 bits per heavy atom. The van der Waals surface area contributed by atoms with Crippen molar-refractivity contribution in [2.24, 2.45) is 0 Å². The average Bonchev–Trinajstić information content (AvgIpc) is 2.96. The van der Waals surface area contributed by atoms with Gasteiger partial charge in [-0.15, -0.1) is 0 Å². The van der Waals surface area contributed by atoms with Crippen molar-refractivity contribution in [2.75, 3.05) is 6.54 Å². The minimum atomic E-state index is -0.770. The Hall–Kier alpha value is -1.85. The van der Waals surface area contributed by atoms with Gasteiger partial charge in [0.05, 0.1) is 22.5 Å². The van der Waals surface area contributed by atoms with Crippen molar-refractivity contribution in [3.8, 4) is 5.69 Å². The SMILES string of the molecule is Cc1nn(-c2ccc(Cl)cc2)cc1C(=O)NCC1(O)CCCCC1. The molecule has 0 aliphatic heterocycles. The number of carbonyl (C=O) groups is 1. The Morgan fingerprint density at radius 3 is 2.62 bits per heavy atom. The molecule has 1 saturated carbocycles. The zero-order valence-electron chi connectivity index (χ0n) is 13.8. The average molecular weight is 348 g/mol. The highest BCUT2D eigenvalue weighted by Crippen LogP contribution is 2.27. The summed E-state index contributed by atoms with van der Waals surface area (Å²) in [5.74, 6) is -0.202. The molecule has 0 atom stereocenters. The largest absolute Gasteiger partial charge is 0.388 e. The standard InChI is InChI=1S/C18H22ClN3O2/c1-13-16(11-22(21-13)15-7-5-14(19)6-8-15)17(23)20-12-18(24)9-3-2-4-10-18/h5-8,11,24H,2-4,9-10,12H2,1H3,(H,20,23). The molecule has 2 N–H and O–H groups in total. The normalized spacial score (nSPS) is 16.8. The molecule has 0 radical (unpaired) electrons. The van der Waals surface area contributed by atoms with Crippen LogP contribution in [0.25, 0.3) is 5.69 Å². The van der Waals surface area contributed by atoms with E-state index in [1.807, 2.05) is 12.1 Å². The van der Waals surface area contributed by atoms with Crippen molar-refractivity contribution in [3.05, 3.63) is 46.7 Å². The number of rotatable bonds is 4. The van der Waals surface area contributed by atoms with Crippen LogP contribution in [0.2, 0.25) is 5.02 Å². The van der Waals surface area contributed by atoms with E-state index >= 15 is 0 Å². The van der Waals surface area contributed by atoms with Crippen LogP contribution in [0, 0.1) is 6.92 Å². The van der Waals surface area contributed by atoms with Gasteiger partial charge in [-0.3, -0.25) is 4.79 Å². The van der Waals surface area contributed by atoms with Crippen molar-refractivity contribution >= 4 is 17.5 Å². The second kappa shape index (κ2) is 6.95. The minimum Gasteiger partial charge on any atom is -0.388 e. The first-order chi connectivity index (χ1) is 11.5. The molecule has 0 bridgehead atoms. The lowest BCUT2D eigenvalue weighted by atomic mass is 9.85. The monoisotopic (exact) mass is 347 g/mol. The second-order valence-corrected chi connectivity index (χ2v) is 6.95. The van der Waals surface area contributed by atoms with Gasteiger partial charge in [-0.25, -0.2) is 4.68 Å². The maximum Gasteiger partial charge on any atom is 0.254 e. The van der Waals surface area contributed by atoms with E-state index < -0.39 is 5.60 Å². The maximum atomic E-state index is 12.5. The molecule has 128 valence electrons. The molecule has 1 fully saturated rings. The lowest BCUT2D eigenvalue weighted by molar-refractivity contribution is 0.00525. The fourth-order valence-electron chi connectivity index (χ4n) is 3.14. The van der Waals surface area contributed by atoms with Crippen molar-refractivity contribution < 1.29 is 9.90 Å². The summed E-state index contributed by atoms with van der Waals surface area (Å²) in [4.78, 5) is 12.5. The first-order valence-electron chi connectivity index (χ1n) is 8.30. The van der Waals surface area contributed by atoms with E-state index in [2.05, 4.69) is 10.4 Å². The van der Waals surface area contributed by atoms with Gasteiger partial charge in [0.2, 0.25) is 0 Å². The van der Waals surface area contributed by atoms with Crippen LogP contribution < -0.4 is 5.32 Å². The van der Waals surface area contributed by atoms with Crippen LogP contribution in [0.5, 0.6) is 0 Å². The summed E-state index contributed by atoms with van der Waals surface area (Å²) in [6, 6.07) is 7.26. The van der Waals surface area contributed by atoms with Gasteiger partial charge in [0.1, 0.15) is 0 Å². The molecule has 24 heavy (non-hydrogen) atoms. The first-order valence-corrected chi connectivity index (χ1v) is 8.67. The molecule has 0 saturated heterocycles. The van der Waals surface area contributed by atoms with Gasteiger partial charge in [-0.1, -0.05) is 30.9 Å². The predicted octanol–water partition coefficient (Wildman–Crippen LogP) is 3.26. The number of aliphatic hydroxyl groups is 1. The highest BCUT2D eigenvalue weighted by molar-refractivity contribution is 6.30. The summed E-state index contributed by atoms with van der Waals surface area (Å²) in [5.41, 5.74) is 1.24. The molecule has 5 nitrogen and oxygen atoms in total. The second-order valence-electron chi connectivity index (χ2n) is 6.52. The Bertz CT molecular complexity index is 718. The lowest BCUT2D eigenvalue weighted by Gasteiger charge is -2.32. The summed E-state index contributed by atoms with van der Waals surface area (Å²) >= 11 is 5.90. The van der Waals surface area contributed by atoms with Crippen molar-refractivity contribution in [1.29, 1.82) is 0 Å². The summed E-state index contributed by atoms with van der Waals surface area (Å²) in [6.45, 7) is 2.09. The number of carbonyl (C=O) groups excluding carboxylic acids is 1. The first kappa shape index (κ1) is 17.0. The van der Waals surface area contributed by atoms with Crippen molar-refractivity contribution in [2.45, 2.75) is 44.6 Å². The Balaban J connectivity index is 1.70. The Kier molecular flexibility index (Phi) is 4.92. The molecule has 0 spiro atoms. The van der Waals surface area contributed by atoms with E-state index in [4.69, 9.17) is 11.6 Å². The zero-order chi connectivity index (χ0) is 17.2. The number of hydrogen-bond donors (Lipinski definition) is 2. The molecular weight excluding hydrogens is 326 g/mol. The fraction of sp³-hybridized carbons (Fsp3) is 0.444. The van der Waals surface area contributed by atoms with Crippen LogP contribution in [0.3, 0.4) is 0 Å².